The van der Waals surface area contributed by atoms with Gasteiger partial charge in [-0.05, 0) is 24.6 Å². The molecule has 0 aromatic heterocycles. The second-order valence-corrected chi connectivity index (χ2v) is 4.32. The first-order valence-corrected chi connectivity index (χ1v) is 5.74. The number of benzene rings is 1. The molecule has 0 saturated heterocycles. The van der Waals surface area contributed by atoms with Crippen LogP contribution in [0, 0.1) is 0 Å². The van der Waals surface area contributed by atoms with E-state index in [1.807, 2.05) is 36.4 Å². The molecule has 2 rings (SSSR count). The summed E-state index contributed by atoms with van der Waals surface area (Å²) >= 11 is 0. The number of aliphatic hydroxyl groups excluding tert-OH is 1. The summed E-state index contributed by atoms with van der Waals surface area (Å²) in [6, 6.07) is 9.21. The summed E-state index contributed by atoms with van der Waals surface area (Å²) < 4.78 is 0. The van der Waals surface area contributed by atoms with Gasteiger partial charge < -0.3 is 15.9 Å². The molecular weight excluding hydrogens is 214 g/mol. The number of allylic oxidation sites excluding steroid dienone is 2. The van der Waals surface area contributed by atoms with Crippen LogP contribution in [0.3, 0.4) is 0 Å². The molecule has 3 nitrogen and oxygen atoms in total. The molecule has 17 heavy (non-hydrogen) atoms. The maximum absolute atomic E-state index is 10.6. The zero-order valence-corrected chi connectivity index (χ0v) is 9.63. The van der Waals surface area contributed by atoms with E-state index in [1.165, 1.54) is 0 Å². The van der Waals surface area contributed by atoms with Crippen LogP contribution in [0.5, 0.6) is 0 Å². The van der Waals surface area contributed by atoms with E-state index in [0.717, 1.165) is 12.0 Å². The van der Waals surface area contributed by atoms with Gasteiger partial charge in [0.25, 0.3) is 0 Å². The lowest BCUT2D eigenvalue weighted by Gasteiger charge is -2.31. The fourth-order valence-corrected chi connectivity index (χ4v) is 2.13. The van der Waals surface area contributed by atoms with E-state index in [0.29, 0.717) is 18.5 Å². The number of rotatable bonds is 3. The summed E-state index contributed by atoms with van der Waals surface area (Å²) in [5.74, 6) is -0.00975. The van der Waals surface area contributed by atoms with Crippen molar-refractivity contribution in [3.8, 4) is 0 Å². The summed E-state index contributed by atoms with van der Waals surface area (Å²) in [7, 11) is 0. The minimum atomic E-state index is -1.31. The minimum absolute atomic E-state index is 0.00975. The summed E-state index contributed by atoms with van der Waals surface area (Å²) in [6.07, 6.45) is 4.52. The highest BCUT2D eigenvalue weighted by Gasteiger charge is 2.36. The van der Waals surface area contributed by atoms with E-state index < -0.39 is 5.60 Å². The van der Waals surface area contributed by atoms with Gasteiger partial charge in [0.2, 0.25) is 0 Å². The monoisotopic (exact) mass is 231 g/mol. The average Bonchev–Trinajstić information content (AvgIpc) is 2.35. The Hall–Kier alpha value is -1.58. The summed E-state index contributed by atoms with van der Waals surface area (Å²) in [5.41, 5.74) is 5.97. The third-order valence-electron chi connectivity index (χ3n) is 3.10. The van der Waals surface area contributed by atoms with Crippen LogP contribution in [0.1, 0.15) is 18.4 Å². The van der Waals surface area contributed by atoms with Crippen molar-refractivity contribution in [3.63, 3.8) is 0 Å². The van der Waals surface area contributed by atoms with E-state index >= 15 is 0 Å². The number of aliphatic hydroxyl groups is 2. The van der Waals surface area contributed by atoms with Crippen LogP contribution in [-0.4, -0.2) is 16.8 Å². The Bertz CT molecular complexity index is 451. The molecule has 0 heterocycles. The Labute approximate surface area is 101 Å². The highest BCUT2D eigenvalue weighted by Crippen LogP contribution is 2.37. The van der Waals surface area contributed by atoms with E-state index in [2.05, 4.69) is 0 Å². The van der Waals surface area contributed by atoms with E-state index in [1.54, 1.807) is 6.08 Å². The lowest BCUT2D eigenvalue weighted by Crippen LogP contribution is -2.31. The van der Waals surface area contributed by atoms with Crippen LogP contribution < -0.4 is 5.73 Å². The van der Waals surface area contributed by atoms with Gasteiger partial charge in [-0.2, -0.15) is 0 Å². The van der Waals surface area contributed by atoms with Crippen molar-refractivity contribution in [2.45, 2.75) is 18.4 Å². The van der Waals surface area contributed by atoms with Gasteiger partial charge in [-0.3, -0.25) is 0 Å². The van der Waals surface area contributed by atoms with Crippen molar-refractivity contribution in [2.75, 3.05) is 6.54 Å². The zero-order chi connectivity index (χ0) is 12.3. The average molecular weight is 231 g/mol. The molecule has 0 amide bonds. The normalized spacial score (nSPS) is 24.1. The largest absolute Gasteiger partial charge is 0.509 e. The van der Waals surface area contributed by atoms with Crippen molar-refractivity contribution < 1.29 is 10.2 Å². The van der Waals surface area contributed by atoms with Crippen molar-refractivity contribution in [3.05, 3.63) is 59.4 Å². The predicted octanol–water partition coefficient (Wildman–Crippen LogP) is 2.00. The molecule has 1 aliphatic carbocycles. The molecule has 1 aromatic rings. The zero-order valence-electron chi connectivity index (χ0n) is 9.63. The summed E-state index contributed by atoms with van der Waals surface area (Å²) in [4.78, 5) is 0. The molecule has 1 aromatic carbocycles. The van der Waals surface area contributed by atoms with Gasteiger partial charge >= 0.3 is 0 Å². The first kappa shape index (κ1) is 11.9. The highest BCUT2D eigenvalue weighted by molar-refractivity contribution is 5.37. The van der Waals surface area contributed by atoms with Gasteiger partial charge in [0.05, 0.1) is 0 Å². The van der Waals surface area contributed by atoms with Gasteiger partial charge in [0, 0.05) is 6.42 Å². The molecule has 0 radical (unpaired) electrons. The van der Waals surface area contributed by atoms with Crippen LogP contribution >= 0.6 is 0 Å². The molecule has 0 fully saturated rings. The Balaban J connectivity index is 2.33. The van der Waals surface area contributed by atoms with Gasteiger partial charge in [0.15, 0.2) is 0 Å². The van der Waals surface area contributed by atoms with Gasteiger partial charge in [0.1, 0.15) is 11.4 Å². The predicted molar refractivity (Wildman–Crippen MR) is 67.4 cm³/mol. The van der Waals surface area contributed by atoms with Gasteiger partial charge in [-0.25, -0.2) is 0 Å². The maximum Gasteiger partial charge on any atom is 0.150 e. The molecule has 3 heteroatoms. The van der Waals surface area contributed by atoms with Crippen LogP contribution in [-0.2, 0) is 5.60 Å². The minimum Gasteiger partial charge on any atom is -0.509 e. The second kappa shape index (κ2) is 4.73. The lowest BCUT2D eigenvalue weighted by atomic mass is 9.81. The quantitative estimate of drug-likeness (QED) is 0.745. The third-order valence-corrected chi connectivity index (χ3v) is 3.10. The second-order valence-electron chi connectivity index (χ2n) is 4.32. The van der Waals surface area contributed by atoms with Crippen molar-refractivity contribution in [1.82, 2.24) is 0 Å². The molecule has 1 unspecified atom stereocenters. The smallest absolute Gasteiger partial charge is 0.150 e. The molecule has 90 valence electrons. The van der Waals surface area contributed by atoms with E-state index in [-0.39, 0.29) is 5.76 Å². The van der Waals surface area contributed by atoms with Crippen LogP contribution in [0.15, 0.2) is 53.8 Å². The first-order valence-electron chi connectivity index (χ1n) is 5.74. The SMILES string of the molecule is NCCC1=CC=C(O)C(O)(c2ccccc2)C1. The summed E-state index contributed by atoms with van der Waals surface area (Å²) in [5, 5.41) is 20.5. The molecule has 1 atom stereocenters. The van der Waals surface area contributed by atoms with Crippen LogP contribution in [0.4, 0.5) is 0 Å². The summed E-state index contributed by atoms with van der Waals surface area (Å²) in [6.45, 7) is 0.547. The number of hydrogen-bond donors (Lipinski definition) is 3. The Kier molecular flexibility index (Phi) is 3.31. The molecule has 1 aliphatic rings. The number of hydrogen-bond acceptors (Lipinski definition) is 3. The highest BCUT2D eigenvalue weighted by atomic mass is 16.3. The molecule has 0 saturated carbocycles. The van der Waals surface area contributed by atoms with Gasteiger partial charge in [-0.15, -0.1) is 0 Å². The Morgan fingerprint density at radius 3 is 2.53 bits per heavy atom. The first-order chi connectivity index (χ1) is 8.16. The van der Waals surface area contributed by atoms with Gasteiger partial charge in [-0.1, -0.05) is 42.0 Å². The van der Waals surface area contributed by atoms with Crippen LogP contribution in [0.25, 0.3) is 0 Å². The molecule has 0 aliphatic heterocycles. The van der Waals surface area contributed by atoms with Crippen molar-refractivity contribution in [2.24, 2.45) is 5.73 Å². The van der Waals surface area contributed by atoms with Crippen molar-refractivity contribution >= 4 is 0 Å². The molecular formula is C14H17NO2. The molecule has 0 bridgehead atoms. The standard InChI is InChI=1S/C14H17NO2/c15-9-8-11-6-7-13(16)14(17,10-11)12-4-2-1-3-5-12/h1-7,16-17H,8-10,15H2. The van der Waals surface area contributed by atoms with E-state index in [4.69, 9.17) is 5.73 Å². The third kappa shape index (κ3) is 2.25. The van der Waals surface area contributed by atoms with Crippen molar-refractivity contribution in [1.29, 1.82) is 0 Å². The fraction of sp³-hybridized carbons (Fsp3) is 0.286. The van der Waals surface area contributed by atoms with Crippen LogP contribution in [0.2, 0.25) is 0 Å². The Morgan fingerprint density at radius 1 is 1.18 bits per heavy atom. The fourth-order valence-electron chi connectivity index (χ4n) is 2.13. The maximum atomic E-state index is 10.6. The molecule has 0 spiro atoms. The lowest BCUT2D eigenvalue weighted by molar-refractivity contribution is 0.0295. The Morgan fingerprint density at radius 2 is 1.88 bits per heavy atom. The number of nitrogens with two attached hydrogens (primary N) is 1. The van der Waals surface area contributed by atoms with E-state index in [9.17, 15) is 10.2 Å². The molecule has 4 N–H and O–H groups in total. The topological polar surface area (TPSA) is 66.5 Å².